The van der Waals surface area contributed by atoms with Gasteiger partial charge in [0.05, 0.1) is 18.4 Å². The Kier molecular flexibility index (Phi) is 4.41. The zero-order chi connectivity index (χ0) is 25.4. The number of aromatic nitrogens is 2. The number of hydrogen-bond donors (Lipinski definition) is 3. The molecule has 5 aliphatic rings. The van der Waals surface area contributed by atoms with Gasteiger partial charge in [0.1, 0.15) is 12.3 Å². The number of nitrogens with zero attached hydrogens (tertiary/aromatic N) is 2. The summed E-state index contributed by atoms with van der Waals surface area (Å²) in [5.74, 6) is -1.82. The minimum Gasteiger partial charge on any atom is -0.411 e. The summed E-state index contributed by atoms with van der Waals surface area (Å²) in [7, 11) is 0. The lowest BCUT2D eigenvalue weighted by atomic mass is 9.38. The van der Waals surface area contributed by atoms with Crippen LogP contribution in [0, 0.1) is 22.2 Å². The maximum Gasteiger partial charge on any atom is 0.193 e. The van der Waals surface area contributed by atoms with E-state index in [0.29, 0.717) is 31.4 Å². The van der Waals surface area contributed by atoms with Crippen LogP contribution in [0.25, 0.3) is 6.08 Å². The van der Waals surface area contributed by atoms with E-state index >= 15 is 4.39 Å². The number of aliphatic hydroxyl groups excluding tert-OH is 2. The zero-order valence-corrected chi connectivity index (χ0v) is 21.0. The molecule has 35 heavy (non-hydrogen) atoms. The predicted octanol–water partition coefficient (Wildman–Crippen LogP) is 2.82. The maximum atomic E-state index is 18.0. The maximum absolute atomic E-state index is 18.0. The third-order valence-corrected chi connectivity index (χ3v) is 10.7. The summed E-state index contributed by atoms with van der Waals surface area (Å²) in [6, 6.07) is 0. The van der Waals surface area contributed by atoms with Crippen molar-refractivity contribution in [2.75, 3.05) is 6.61 Å². The van der Waals surface area contributed by atoms with Crippen molar-refractivity contribution in [3.63, 3.8) is 0 Å². The molecule has 4 aliphatic carbocycles. The number of halogens is 1. The topological polar surface area (TPSA) is 114 Å². The molecule has 0 unspecified atom stereocenters. The number of hydrogen-bond acceptors (Lipinski definition) is 7. The van der Waals surface area contributed by atoms with E-state index in [1.807, 2.05) is 26.8 Å². The van der Waals surface area contributed by atoms with E-state index < -0.39 is 57.9 Å². The van der Waals surface area contributed by atoms with Crippen LogP contribution in [0.15, 0.2) is 11.8 Å². The Morgan fingerprint density at radius 2 is 1.97 bits per heavy atom. The highest BCUT2D eigenvalue weighted by atomic mass is 19.1. The molecule has 1 aliphatic heterocycles. The van der Waals surface area contributed by atoms with E-state index in [1.165, 1.54) is 0 Å². The monoisotopic (exact) mass is 490 g/mol. The molecule has 8 atom stereocenters. The largest absolute Gasteiger partial charge is 0.411 e. The molecule has 1 saturated heterocycles. The summed E-state index contributed by atoms with van der Waals surface area (Å²) in [5, 5.41) is 35.8. The molecule has 0 spiro atoms. The summed E-state index contributed by atoms with van der Waals surface area (Å²) < 4.78 is 30.5. The van der Waals surface area contributed by atoms with Gasteiger partial charge in [-0.25, -0.2) is 4.39 Å². The van der Waals surface area contributed by atoms with Gasteiger partial charge in [0, 0.05) is 21.8 Å². The molecular formula is C26H35FN2O6. The minimum absolute atomic E-state index is 0.0143. The van der Waals surface area contributed by atoms with Crippen LogP contribution in [-0.2, 0) is 20.7 Å². The number of alkyl halides is 1. The van der Waals surface area contributed by atoms with Gasteiger partial charge in [-0.05, 0) is 57.9 Å². The van der Waals surface area contributed by atoms with Crippen molar-refractivity contribution in [3.8, 4) is 0 Å². The first-order valence-corrected chi connectivity index (χ1v) is 12.6. The molecule has 1 aromatic heterocycles. The van der Waals surface area contributed by atoms with Crippen molar-refractivity contribution in [2.45, 2.75) is 96.0 Å². The molecule has 192 valence electrons. The summed E-state index contributed by atoms with van der Waals surface area (Å²) in [6.07, 6.45) is 3.18. The first-order valence-electron chi connectivity index (χ1n) is 12.6. The molecule has 0 radical (unpaired) electrons. The second-order valence-corrected chi connectivity index (χ2v) is 12.6. The molecule has 3 N–H and O–H groups in total. The van der Waals surface area contributed by atoms with Crippen molar-refractivity contribution >= 4 is 11.9 Å². The molecule has 2 heterocycles. The van der Waals surface area contributed by atoms with Crippen LogP contribution in [0.2, 0.25) is 0 Å². The van der Waals surface area contributed by atoms with Crippen LogP contribution in [-0.4, -0.2) is 67.0 Å². The van der Waals surface area contributed by atoms with Crippen LogP contribution >= 0.6 is 0 Å². The molecule has 1 aromatic rings. The summed E-state index contributed by atoms with van der Waals surface area (Å²) >= 11 is 0. The van der Waals surface area contributed by atoms with Gasteiger partial charge >= 0.3 is 0 Å². The standard InChI is InChI=1S/C26H35FN2O6/c1-21(2)34-20-9-17-22(3)7-6-15-8-16-14(12-28-29(16)33)10-23(15,4)26(22,27)18(31)11-24(17,5)25(20,35-21)19(32)13-30/h8,12,17-18,20,30-31,33H,6-7,9-11,13H2,1-5H3/t17-,18-,20+,22-,23-,24-,25+,26+/m0/s1. The Morgan fingerprint density at radius 3 is 2.66 bits per heavy atom. The van der Waals surface area contributed by atoms with Crippen molar-refractivity contribution in [1.82, 2.24) is 9.94 Å². The molecule has 0 amide bonds. The molecule has 3 saturated carbocycles. The number of Topliss-reactive ketones (excluding diaryl/α,β-unsaturated/α-hetero) is 1. The smallest absolute Gasteiger partial charge is 0.193 e. The Morgan fingerprint density at radius 1 is 1.26 bits per heavy atom. The van der Waals surface area contributed by atoms with Crippen LogP contribution in [0.5, 0.6) is 0 Å². The van der Waals surface area contributed by atoms with Crippen molar-refractivity contribution in [2.24, 2.45) is 22.2 Å². The summed E-state index contributed by atoms with van der Waals surface area (Å²) in [6.45, 7) is 8.48. The van der Waals surface area contributed by atoms with Crippen LogP contribution < -0.4 is 0 Å². The average molecular weight is 491 g/mol. The number of ether oxygens (including phenoxy) is 2. The minimum atomic E-state index is -2.00. The van der Waals surface area contributed by atoms with E-state index in [9.17, 15) is 20.2 Å². The number of carbonyl (C=O) groups excluding carboxylic acids is 1. The molecule has 0 bridgehead atoms. The fourth-order valence-electron chi connectivity index (χ4n) is 9.39. The third-order valence-electron chi connectivity index (χ3n) is 10.7. The van der Waals surface area contributed by atoms with E-state index in [2.05, 4.69) is 5.10 Å². The molecule has 6 rings (SSSR count). The summed E-state index contributed by atoms with van der Waals surface area (Å²) in [4.78, 5) is 14.2. The van der Waals surface area contributed by atoms with Gasteiger partial charge in [-0.1, -0.05) is 26.3 Å². The number of carbonyl (C=O) groups is 1. The van der Waals surface area contributed by atoms with E-state index in [-0.39, 0.29) is 12.3 Å². The lowest BCUT2D eigenvalue weighted by molar-refractivity contribution is -0.278. The fourth-order valence-corrected chi connectivity index (χ4v) is 9.39. The molecule has 0 aromatic carbocycles. The van der Waals surface area contributed by atoms with Crippen molar-refractivity contribution in [1.29, 1.82) is 0 Å². The average Bonchev–Trinajstić information content (AvgIpc) is 3.35. The van der Waals surface area contributed by atoms with Crippen molar-refractivity contribution in [3.05, 3.63) is 23.0 Å². The highest BCUT2D eigenvalue weighted by molar-refractivity contribution is 5.91. The Bertz CT molecular complexity index is 1160. The quantitative estimate of drug-likeness (QED) is 0.546. The Balaban J connectivity index is 1.51. The van der Waals surface area contributed by atoms with Gasteiger partial charge in [0.2, 0.25) is 0 Å². The first-order chi connectivity index (χ1) is 16.2. The van der Waals surface area contributed by atoms with Crippen molar-refractivity contribution < 1.29 is 34.1 Å². The number of ketones is 1. The predicted molar refractivity (Wildman–Crippen MR) is 122 cm³/mol. The lowest BCUT2D eigenvalue weighted by Crippen LogP contribution is -2.74. The first kappa shape index (κ1) is 23.6. The molecule has 9 heteroatoms. The van der Waals surface area contributed by atoms with Gasteiger partial charge in [-0.3, -0.25) is 4.79 Å². The number of aliphatic hydroxyl groups is 2. The molecule has 4 fully saturated rings. The summed E-state index contributed by atoms with van der Waals surface area (Å²) in [5.41, 5.74) is -4.21. The van der Waals surface area contributed by atoms with Gasteiger partial charge in [-0.15, -0.1) is 9.94 Å². The number of rotatable bonds is 2. The third kappa shape index (κ3) is 2.37. The Labute approximate surface area is 204 Å². The van der Waals surface area contributed by atoms with Crippen LogP contribution in [0.4, 0.5) is 4.39 Å². The normalized spacial score (nSPS) is 49.4. The Hall–Kier alpha value is -1.81. The van der Waals surface area contributed by atoms with Gasteiger partial charge in [0.25, 0.3) is 0 Å². The van der Waals surface area contributed by atoms with E-state index in [1.54, 1.807) is 20.0 Å². The van der Waals surface area contributed by atoms with E-state index in [4.69, 9.17) is 9.47 Å². The van der Waals surface area contributed by atoms with E-state index in [0.717, 1.165) is 16.0 Å². The van der Waals surface area contributed by atoms with Crippen LogP contribution in [0.3, 0.4) is 0 Å². The number of allylic oxidation sites excluding steroid dienone is 1. The highest BCUT2D eigenvalue weighted by Gasteiger charge is 2.83. The second kappa shape index (κ2) is 6.54. The molecule has 8 nitrogen and oxygen atoms in total. The SMILES string of the molecule is CC1(C)O[C@@H]2C[C@H]3[C@]4(C)CCC5=Cc6c(cnn6O)C[C@]5(C)[C@@]4(F)[C@@H](O)C[C@]3(C)[C@]2(C(=O)CO)O1. The highest BCUT2D eigenvalue weighted by Crippen LogP contribution is 2.76. The zero-order valence-electron chi connectivity index (χ0n) is 21.0. The van der Waals surface area contributed by atoms with Gasteiger partial charge in [0.15, 0.2) is 22.8 Å². The van der Waals surface area contributed by atoms with Crippen LogP contribution in [0.1, 0.15) is 71.6 Å². The molecular weight excluding hydrogens is 455 g/mol. The lowest BCUT2D eigenvalue weighted by Gasteiger charge is -2.68. The number of fused-ring (bicyclic) bond motifs is 8. The van der Waals surface area contributed by atoms with Gasteiger partial charge < -0.3 is 24.9 Å². The second-order valence-electron chi connectivity index (χ2n) is 12.6. The fraction of sp³-hybridized carbons (Fsp3) is 0.769. The van der Waals surface area contributed by atoms with Gasteiger partial charge in [-0.2, -0.15) is 0 Å².